The van der Waals surface area contributed by atoms with Crippen molar-refractivity contribution in [3.63, 3.8) is 0 Å². The highest BCUT2D eigenvalue weighted by molar-refractivity contribution is 7.09. The SMILES string of the molecule is CCc1cccc(CC)c1NC(N)=NCc1cccs1. The van der Waals surface area contributed by atoms with Gasteiger partial charge < -0.3 is 11.1 Å². The summed E-state index contributed by atoms with van der Waals surface area (Å²) in [7, 11) is 0. The van der Waals surface area contributed by atoms with E-state index in [0.29, 0.717) is 12.5 Å². The third-order valence-corrected chi connectivity index (χ3v) is 4.10. The molecular weight excluding hydrogens is 266 g/mol. The first-order valence-corrected chi connectivity index (χ1v) is 7.82. The van der Waals surface area contributed by atoms with Crippen LogP contribution in [0.25, 0.3) is 0 Å². The first kappa shape index (κ1) is 14.6. The van der Waals surface area contributed by atoms with Crippen molar-refractivity contribution in [3.8, 4) is 0 Å². The molecule has 2 rings (SSSR count). The average Bonchev–Trinajstić information content (AvgIpc) is 2.98. The van der Waals surface area contributed by atoms with E-state index in [1.54, 1.807) is 11.3 Å². The third kappa shape index (κ3) is 3.61. The molecule has 0 spiro atoms. The average molecular weight is 287 g/mol. The first-order chi connectivity index (χ1) is 9.74. The predicted octanol–water partition coefficient (Wildman–Crippen LogP) is 3.80. The minimum Gasteiger partial charge on any atom is -0.370 e. The molecule has 2 aromatic rings. The monoisotopic (exact) mass is 287 g/mol. The summed E-state index contributed by atoms with van der Waals surface area (Å²) in [6.45, 7) is 4.93. The molecule has 1 heterocycles. The normalized spacial score (nSPS) is 11.6. The van der Waals surface area contributed by atoms with Crippen LogP contribution in [0, 0.1) is 0 Å². The van der Waals surface area contributed by atoms with E-state index in [-0.39, 0.29) is 0 Å². The third-order valence-electron chi connectivity index (χ3n) is 3.24. The largest absolute Gasteiger partial charge is 0.370 e. The molecule has 0 aliphatic carbocycles. The molecule has 0 aliphatic heterocycles. The summed E-state index contributed by atoms with van der Waals surface area (Å²) in [4.78, 5) is 5.62. The topological polar surface area (TPSA) is 50.4 Å². The molecule has 1 aromatic carbocycles. The molecule has 20 heavy (non-hydrogen) atoms. The molecule has 0 saturated carbocycles. The number of nitrogens with zero attached hydrogens (tertiary/aromatic N) is 1. The van der Waals surface area contributed by atoms with Gasteiger partial charge in [0.1, 0.15) is 0 Å². The van der Waals surface area contributed by atoms with Crippen molar-refractivity contribution >= 4 is 23.0 Å². The van der Waals surface area contributed by atoms with Crippen LogP contribution in [-0.2, 0) is 19.4 Å². The maximum absolute atomic E-state index is 6.01. The number of guanidine groups is 1. The second kappa shape index (κ2) is 7.10. The zero-order valence-electron chi connectivity index (χ0n) is 12.0. The number of aryl methyl sites for hydroxylation is 2. The van der Waals surface area contributed by atoms with Gasteiger partial charge in [-0.2, -0.15) is 0 Å². The van der Waals surface area contributed by atoms with Gasteiger partial charge in [-0.3, -0.25) is 0 Å². The molecule has 4 heteroatoms. The summed E-state index contributed by atoms with van der Waals surface area (Å²) >= 11 is 1.70. The molecule has 106 valence electrons. The zero-order valence-corrected chi connectivity index (χ0v) is 12.8. The van der Waals surface area contributed by atoms with Crippen LogP contribution in [0.2, 0.25) is 0 Å². The Labute approximate surface area is 124 Å². The van der Waals surface area contributed by atoms with Crippen LogP contribution in [0.4, 0.5) is 5.69 Å². The number of hydrogen-bond acceptors (Lipinski definition) is 2. The first-order valence-electron chi connectivity index (χ1n) is 6.94. The highest BCUT2D eigenvalue weighted by Crippen LogP contribution is 2.22. The van der Waals surface area contributed by atoms with E-state index in [1.807, 2.05) is 6.07 Å². The quantitative estimate of drug-likeness (QED) is 0.649. The number of para-hydroxylation sites is 1. The van der Waals surface area contributed by atoms with Crippen LogP contribution < -0.4 is 11.1 Å². The highest BCUT2D eigenvalue weighted by Gasteiger charge is 2.06. The number of nitrogens with two attached hydrogens (primary N) is 1. The Hall–Kier alpha value is -1.81. The van der Waals surface area contributed by atoms with E-state index in [0.717, 1.165) is 18.5 Å². The van der Waals surface area contributed by atoms with E-state index in [9.17, 15) is 0 Å². The second-order valence-electron chi connectivity index (χ2n) is 4.56. The molecule has 1 aromatic heterocycles. The van der Waals surface area contributed by atoms with Gasteiger partial charge in [0.25, 0.3) is 0 Å². The highest BCUT2D eigenvalue weighted by atomic mass is 32.1. The number of thiophene rings is 1. The van der Waals surface area contributed by atoms with Crippen molar-refractivity contribution in [3.05, 3.63) is 51.7 Å². The Bertz CT molecular complexity index is 551. The molecule has 3 N–H and O–H groups in total. The molecule has 0 bridgehead atoms. The fraction of sp³-hybridized carbons (Fsp3) is 0.312. The van der Waals surface area contributed by atoms with Crippen LogP contribution in [0.1, 0.15) is 29.9 Å². The summed E-state index contributed by atoms with van der Waals surface area (Å²) in [5, 5.41) is 5.33. The van der Waals surface area contributed by atoms with Crippen molar-refractivity contribution in [1.29, 1.82) is 0 Å². The lowest BCUT2D eigenvalue weighted by Gasteiger charge is -2.14. The van der Waals surface area contributed by atoms with Gasteiger partial charge in [-0.1, -0.05) is 38.1 Å². The van der Waals surface area contributed by atoms with Gasteiger partial charge in [0.15, 0.2) is 5.96 Å². The Kier molecular flexibility index (Phi) is 5.18. The number of hydrogen-bond donors (Lipinski definition) is 2. The van der Waals surface area contributed by atoms with E-state index >= 15 is 0 Å². The van der Waals surface area contributed by atoms with Crippen LogP contribution in [0.15, 0.2) is 40.7 Å². The Morgan fingerprint density at radius 3 is 2.40 bits per heavy atom. The van der Waals surface area contributed by atoms with Crippen LogP contribution in [-0.4, -0.2) is 5.96 Å². The molecule has 0 aliphatic rings. The standard InChI is InChI=1S/C16H21N3S/c1-3-12-7-5-8-13(4-2)15(12)19-16(17)18-11-14-9-6-10-20-14/h5-10H,3-4,11H2,1-2H3,(H3,17,18,19). The minimum absolute atomic E-state index is 0.481. The van der Waals surface area contributed by atoms with Crippen molar-refractivity contribution in [2.45, 2.75) is 33.2 Å². The second-order valence-corrected chi connectivity index (χ2v) is 5.60. The Morgan fingerprint density at radius 2 is 1.85 bits per heavy atom. The molecule has 3 nitrogen and oxygen atoms in total. The van der Waals surface area contributed by atoms with Crippen molar-refractivity contribution in [2.75, 3.05) is 5.32 Å². The maximum Gasteiger partial charge on any atom is 0.193 e. The van der Waals surface area contributed by atoms with Gasteiger partial charge in [-0.15, -0.1) is 11.3 Å². The van der Waals surface area contributed by atoms with Gasteiger partial charge in [0.2, 0.25) is 0 Å². The number of aliphatic imine (C=N–C) groups is 1. The van der Waals surface area contributed by atoms with Crippen LogP contribution in [0.5, 0.6) is 0 Å². The van der Waals surface area contributed by atoms with E-state index in [4.69, 9.17) is 5.73 Å². The van der Waals surface area contributed by atoms with Crippen molar-refractivity contribution < 1.29 is 0 Å². The van der Waals surface area contributed by atoms with Gasteiger partial charge in [0, 0.05) is 10.6 Å². The van der Waals surface area contributed by atoms with Gasteiger partial charge >= 0.3 is 0 Å². The van der Waals surface area contributed by atoms with Gasteiger partial charge in [-0.05, 0) is 35.4 Å². The van der Waals surface area contributed by atoms with Crippen molar-refractivity contribution in [1.82, 2.24) is 0 Å². The fourth-order valence-corrected chi connectivity index (χ4v) is 2.76. The summed E-state index contributed by atoms with van der Waals surface area (Å²) in [6, 6.07) is 10.5. The molecule has 0 fully saturated rings. The van der Waals surface area contributed by atoms with Crippen LogP contribution >= 0.6 is 11.3 Å². The van der Waals surface area contributed by atoms with E-state index in [1.165, 1.54) is 16.0 Å². The number of rotatable bonds is 5. The van der Waals surface area contributed by atoms with Gasteiger partial charge in [0.05, 0.1) is 6.54 Å². The molecule has 0 radical (unpaired) electrons. The predicted molar refractivity (Wildman–Crippen MR) is 88.5 cm³/mol. The summed E-state index contributed by atoms with van der Waals surface area (Å²) < 4.78 is 0. The van der Waals surface area contributed by atoms with Crippen molar-refractivity contribution in [2.24, 2.45) is 10.7 Å². The zero-order chi connectivity index (χ0) is 14.4. The Morgan fingerprint density at radius 1 is 1.15 bits per heavy atom. The van der Waals surface area contributed by atoms with Crippen LogP contribution in [0.3, 0.4) is 0 Å². The smallest absolute Gasteiger partial charge is 0.193 e. The summed E-state index contributed by atoms with van der Waals surface area (Å²) in [5.41, 5.74) is 9.68. The fourth-order valence-electron chi connectivity index (χ4n) is 2.14. The molecule has 0 amide bonds. The van der Waals surface area contributed by atoms with E-state index < -0.39 is 0 Å². The summed E-state index contributed by atoms with van der Waals surface area (Å²) in [6.07, 6.45) is 1.96. The maximum atomic E-state index is 6.01. The number of anilines is 1. The Balaban J connectivity index is 2.14. The molecule has 0 unspecified atom stereocenters. The molecular formula is C16H21N3S. The minimum atomic E-state index is 0.481. The lowest BCUT2D eigenvalue weighted by atomic mass is 10.0. The number of benzene rings is 1. The van der Waals surface area contributed by atoms with Gasteiger partial charge in [-0.25, -0.2) is 4.99 Å². The lowest BCUT2D eigenvalue weighted by Crippen LogP contribution is -2.24. The number of nitrogens with one attached hydrogen (secondary N) is 1. The van der Waals surface area contributed by atoms with E-state index in [2.05, 4.69) is 53.8 Å². The molecule has 0 atom stereocenters. The lowest BCUT2D eigenvalue weighted by molar-refractivity contribution is 1.07. The summed E-state index contributed by atoms with van der Waals surface area (Å²) in [5.74, 6) is 0.481. The molecule has 0 saturated heterocycles.